The Kier molecular flexibility index (Phi) is 9.07. The van der Waals surface area contributed by atoms with Crippen LogP contribution in [0.3, 0.4) is 0 Å². The van der Waals surface area contributed by atoms with Crippen LogP contribution < -0.4 is 10.1 Å². The molecule has 1 atom stereocenters. The molecule has 1 unspecified atom stereocenters. The number of anilines is 1. The number of nitrogens with zero attached hydrogens (tertiary/aromatic N) is 3. The molecule has 1 aromatic heterocycles. The molecule has 0 aliphatic heterocycles. The number of carbonyl (C=O) groups is 3. The highest BCUT2D eigenvalue weighted by Crippen LogP contribution is 2.24. The highest BCUT2D eigenvalue weighted by molar-refractivity contribution is 7.99. The predicted molar refractivity (Wildman–Crippen MR) is 134 cm³/mol. The van der Waals surface area contributed by atoms with Crippen molar-refractivity contribution < 1.29 is 28.6 Å². The first-order valence-corrected chi connectivity index (χ1v) is 12.1. The average molecular weight is 513 g/mol. The number of carbonyl (C=O) groups excluding carboxylic acids is 3. The largest absolute Gasteiger partial charge is 0.483 e. The lowest BCUT2D eigenvalue weighted by atomic mass is 10.1. The summed E-state index contributed by atoms with van der Waals surface area (Å²) in [6, 6.07) is 12.1. The van der Waals surface area contributed by atoms with E-state index < -0.39 is 11.9 Å². The van der Waals surface area contributed by atoms with Crippen LogP contribution in [0.15, 0.2) is 47.6 Å². The fourth-order valence-electron chi connectivity index (χ4n) is 3.36. The van der Waals surface area contributed by atoms with Gasteiger partial charge in [0.25, 0.3) is 0 Å². The van der Waals surface area contributed by atoms with Gasteiger partial charge in [-0.3, -0.25) is 4.79 Å². The monoisotopic (exact) mass is 512 g/mol. The maximum Gasteiger partial charge on any atom is 0.337 e. The van der Waals surface area contributed by atoms with Crippen molar-refractivity contribution in [3.63, 3.8) is 0 Å². The number of esters is 2. The Labute approximate surface area is 213 Å². The number of benzene rings is 2. The van der Waals surface area contributed by atoms with Gasteiger partial charge in [-0.25, -0.2) is 9.59 Å². The zero-order valence-electron chi connectivity index (χ0n) is 20.7. The van der Waals surface area contributed by atoms with Gasteiger partial charge in [-0.05, 0) is 49.2 Å². The third-order valence-electron chi connectivity index (χ3n) is 5.27. The second kappa shape index (κ2) is 12.2. The van der Waals surface area contributed by atoms with Crippen LogP contribution in [0.1, 0.15) is 52.1 Å². The van der Waals surface area contributed by atoms with E-state index in [2.05, 4.69) is 22.4 Å². The molecule has 1 N–H and O–H groups in total. The zero-order valence-corrected chi connectivity index (χ0v) is 21.5. The molecule has 0 saturated heterocycles. The molecule has 0 radical (unpaired) electrons. The number of aryl methyl sites for hydroxylation is 1. The van der Waals surface area contributed by atoms with Gasteiger partial charge in [-0.1, -0.05) is 30.8 Å². The molecule has 2 aromatic carbocycles. The number of hydrogen-bond donors (Lipinski definition) is 1. The van der Waals surface area contributed by atoms with E-state index in [1.807, 2.05) is 31.2 Å². The molecule has 36 heavy (non-hydrogen) atoms. The first-order valence-electron chi connectivity index (χ1n) is 11.1. The Balaban J connectivity index is 1.64. The Hall–Kier alpha value is -3.86. The molecule has 0 saturated carbocycles. The van der Waals surface area contributed by atoms with Crippen molar-refractivity contribution in [2.24, 2.45) is 7.05 Å². The number of hydrogen-bond acceptors (Lipinski definition) is 9. The van der Waals surface area contributed by atoms with Crippen LogP contribution in [0.5, 0.6) is 5.75 Å². The molecular weight excluding hydrogens is 484 g/mol. The first kappa shape index (κ1) is 26.7. The Bertz CT molecular complexity index is 1210. The number of thioether (sulfide) groups is 1. The summed E-state index contributed by atoms with van der Waals surface area (Å²) in [5.74, 6) is -0.273. The maximum atomic E-state index is 12.6. The molecule has 0 aliphatic carbocycles. The van der Waals surface area contributed by atoms with E-state index in [1.165, 1.54) is 49.7 Å². The van der Waals surface area contributed by atoms with Gasteiger partial charge in [0, 0.05) is 12.7 Å². The summed E-state index contributed by atoms with van der Waals surface area (Å²) in [5, 5.41) is 11.6. The van der Waals surface area contributed by atoms with Crippen molar-refractivity contribution in [1.29, 1.82) is 0 Å². The lowest BCUT2D eigenvalue weighted by Gasteiger charge is -2.14. The summed E-state index contributed by atoms with van der Waals surface area (Å²) in [4.78, 5) is 36.5. The standard InChI is InChI=1S/C25H28N4O6S/c1-6-16-7-9-20(10-8-16)35-15(2)22-27-28-25(29(22)3)36-14-21(30)26-19-12-17(23(31)33-4)11-18(13-19)24(32)34-5/h7-13,15H,6,14H2,1-5H3,(H,26,30). The van der Waals surface area contributed by atoms with Crippen LogP contribution in [0, 0.1) is 0 Å². The van der Waals surface area contributed by atoms with Gasteiger partial charge in [0.1, 0.15) is 5.75 Å². The summed E-state index contributed by atoms with van der Waals surface area (Å²) < 4.78 is 17.2. The average Bonchev–Trinajstić information content (AvgIpc) is 3.26. The molecule has 0 aliphatic rings. The highest BCUT2D eigenvalue weighted by Gasteiger charge is 2.19. The molecule has 0 bridgehead atoms. The number of methoxy groups -OCH3 is 2. The minimum atomic E-state index is -0.644. The summed E-state index contributed by atoms with van der Waals surface area (Å²) in [5.41, 5.74) is 1.71. The summed E-state index contributed by atoms with van der Waals surface area (Å²) in [6.07, 6.45) is 0.604. The normalized spacial score (nSPS) is 11.5. The van der Waals surface area contributed by atoms with Crippen LogP contribution in [0.25, 0.3) is 0 Å². The number of rotatable bonds is 10. The van der Waals surface area contributed by atoms with Gasteiger partial charge in [0.15, 0.2) is 17.1 Å². The van der Waals surface area contributed by atoms with Gasteiger partial charge < -0.3 is 24.1 Å². The number of ether oxygens (including phenoxy) is 3. The van der Waals surface area contributed by atoms with Crippen LogP contribution in [-0.2, 0) is 27.7 Å². The number of amides is 1. The Morgan fingerprint density at radius 2 is 1.61 bits per heavy atom. The summed E-state index contributed by atoms with van der Waals surface area (Å²) in [6.45, 7) is 3.97. The molecule has 0 spiro atoms. The molecule has 0 fully saturated rings. The van der Waals surface area contributed by atoms with Crippen molar-refractivity contribution in [2.75, 3.05) is 25.3 Å². The van der Waals surface area contributed by atoms with Crippen molar-refractivity contribution in [2.45, 2.75) is 31.5 Å². The van der Waals surface area contributed by atoms with E-state index in [-0.39, 0.29) is 34.6 Å². The van der Waals surface area contributed by atoms with Gasteiger partial charge in [-0.2, -0.15) is 0 Å². The van der Waals surface area contributed by atoms with E-state index in [0.717, 1.165) is 12.2 Å². The second-order valence-electron chi connectivity index (χ2n) is 7.78. The van der Waals surface area contributed by atoms with Crippen molar-refractivity contribution in [1.82, 2.24) is 14.8 Å². The van der Waals surface area contributed by atoms with Crippen LogP contribution in [0.2, 0.25) is 0 Å². The minimum absolute atomic E-state index is 0.0235. The van der Waals surface area contributed by atoms with E-state index in [4.69, 9.17) is 14.2 Å². The van der Waals surface area contributed by atoms with E-state index in [1.54, 1.807) is 11.6 Å². The first-order chi connectivity index (χ1) is 17.2. The minimum Gasteiger partial charge on any atom is -0.483 e. The number of aromatic nitrogens is 3. The molecule has 1 heterocycles. The summed E-state index contributed by atoms with van der Waals surface area (Å²) >= 11 is 1.19. The molecule has 11 heteroatoms. The molecule has 1 amide bonds. The zero-order chi connectivity index (χ0) is 26.2. The van der Waals surface area contributed by atoms with E-state index in [0.29, 0.717) is 11.0 Å². The van der Waals surface area contributed by atoms with Crippen molar-refractivity contribution in [3.05, 3.63) is 65.0 Å². The number of nitrogens with one attached hydrogen (secondary N) is 1. The van der Waals surface area contributed by atoms with Crippen LogP contribution in [0.4, 0.5) is 5.69 Å². The molecule has 3 aromatic rings. The SMILES string of the molecule is CCc1ccc(OC(C)c2nnc(SCC(=O)Nc3cc(C(=O)OC)cc(C(=O)OC)c3)n2C)cc1. The van der Waals surface area contributed by atoms with Crippen LogP contribution >= 0.6 is 11.8 Å². The van der Waals surface area contributed by atoms with Gasteiger partial charge in [0.05, 0.1) is 31.1 Å². The lowest BCUT2D eigenvalue weighted by Crippen LogP contribution is -2.16. The van der Waals surface area contributed by atoms with Gasteiger partial charge >= 0.3 is 11.9 Å². The van der Waals surface area contributed by atoms with E-state index in [9.17, 15) is 14.4 Å². The molecule has 3 rings (SSSR count). The lowest BCUT2D eigenvalue weighted by molar-refractivity contribution is -0.113. The van der Waals surface area contributed by atoms with Gasteiger partial charge in [-0.15, -0.1) is 10.2 Å². The highest BCUT2D eigenvalue weighted by atomic mass is 32.2. The molecule has 10 nitrogen and oxygen atoms in total. The summed E-state index contributed by atoms with van der Waals surface area (Å²) in [7, 11) is 4.26. The fourth-order valence-corrected chi connectivity index (χ4v) is 4.08. The Morgan fingerprint density at radius 3 is 2.17 bits per heavy atom. The van der Waals surface area contributed by atoms with E-state index >= 15 is 0 Å². The van der Waals surface area contributed by atoms with Crippen molar-refractivity contribution >= 4 is 35.3 Å². The topological polar surface area (TPSA) is 122 Å². The molecule has 190 valence electrons. The molecular formula is C25H28N4O6S. The maximum absolute atomic E-state index is 12.6. The third kappa shape index (κ3) is 6.63. The quantitative estimate of drug-likeness (QED) is 0.319. The third-order valence-corrected chi connectivity index (χ3v) is 6.29. The Morgan fingerprint density at radius 1 is 1.00 bits per heavy atom. The smallest absolute Gasteiger partial charge is 0.337 e. The predicted octanol–water partition coefficient (Wildman–Crippen LogP) is 3.82. The fraction of sp³-hybridized carbons (Fsp3) is 0.320. The van der Waals surface area contributed by atoms with Crippen molar-refractivity contribution in [3.8, 4) is 5.75 Å². The van der Waals surface area contributed by atoms with Crippen LogP contribution in [-0.4, -0.2) is 52.6 Å². The second-order valence-corrected chi connectivity index (χ2v) is 8.72. The van der Waals surface area contributed by atoms with Gasteiger partial charge in [0.2, 0.25) is 5.91 Å².